The Balaban J connectivity index is 1.91. The summed E-state index contributed by atoms with van der Waals surface area (Å²) < 4.78 is 19.4. The molecule has 0 radical (unpaired) electrons. The molecule has 1 aliphatic heterocycles. The van der Waals surface area contributed by atoms with E-state index in [1.165, 1.54) is 0 Å². The smallest absolute Gasteiger partial charge is 0.252 e. The zero-order valence-electron chi connectivity index (χ0n) is 16.6. The van der Waals surface area contributed by atoms with E-state index in [4.69, 9.17) is 19.6 Å². The van der Waals surface area contributed by atoms with E-state index in [-0.39, 0.29) is 6.61 Å². The van der Waals surface area contributed by atoms with Crippen LogP contribution in [0.3, 0.4) is 0 Å². The molecule has 0 atom stereocenters. The molecule has 29 heavy (non-hydrogen) atoms. The number of amides is 1. The van der Waals surface area contributed by atoms with Gasteiger partial charge in [-0.1, -0.05) is 0 Å². The fraction of sp³-hybridized carbons (Fsp3) is 0.429. The molecule has 3 N–H and O–H groups in total. The lowest BCUT2D eigenvalue weighted by Gasteiger charge is -2.37. The minimum Gasteiger partial charge on any atom is -0.487 e. The minimum atomic E-state index is -0.611. The van der Waals surface area contributed by atoms with Crippen LogP contribution >= 0.6 is 0 Å². The van der Waals surface area contributed by atoms with Gasteiger partial charge < -0.3 is 29.3 Å². The molecule has 8 nitrogen and oxygen atoms in total. The number of rotatable bonds is 6. The van der Waals surface area contributed by atoms with Crippen LogP contribution in [0.5, 0.6) is 5.75 Å². The molecule has 1 fully saturated rings. The highest BCUT2D eigenvalue weighted by Gasteiger charge is 2.40. The zero-order valence-corrected chi connectivity index (χ0v) is 16.6. The molecule has 8 heteroatoms. The first kappa shape index (κ1) is 19.5. The normalized spacial score (nSPS) is 16.2. The summed E-state index contributed by atoms with van der Waals surface area (Å²) in [7, 11) is 1.90. The van der Waals surface area contributed by atoms with Gasteiger partial charge in [-0.15, -0.1) is 0 Å². The van der Waals surface area contributed by atoms with Gasteiger partial charge in [0.05, 0.1) is 30.4 Å². The standard InChI is InChI=1S/C21H25N3O5/c1-13-17(20(22)26)18-15(29-13)3-4-16(28-10-14-9-23-12-24(14)2)19(18)21(11-25)5-7-27-8-6-21/h3-4,9,12,25H,5-8,10-11H2,1-2H3,(H2,22,26). The second kappa shape index (κ2) is 7.53. The summed E-state index contributed by atoms with van der Waals surface area (Å²) in [5.41, 5.74) is 7.63. The van der Waals surface area contributed by atoms with E-state index in [2.05, 4.69) is 4.98 Å². The number of aromatic nitrogens is 2. The highest BCUT2D eigenvalue weighted by Crippen LogP contribution is 2.46. The van der Waals surface area contributed by atoms with E-state index in [0.717, 1.165) is 11.3 Å². The van der Waals surface area contributed by atoms with Crippen molar-refractivity contribution in [1.82, 2.24) is 9.55 Å². The Labute approximate surface area is 168 Å². The van der Waals surface area contributed by atoms with Gasteiger partial charge in [-0.25, -0.2) is 4.98 Å². The van der Waals surface area contributed by atoms with Crippen molar-refractivity contribution in [3.63, 3.8) is 0 Å². The van der Waals surface area contributed by atoms with Crippen LogP contribution in [0, 0.1) is 6.92 Å². The Bertz CT molecular complexity index is 1050. The molecule has 0 bridgehead atoms. The molecule has 0 aliphatic carbocycles. The summed E-state index contributed by atoms with van der Waals surface area (Å²) in [6.07, 6.45) is 4.66. The van der Waals surface area contributed by atoms with Crippen molar-refractivity contribution >= 4 is 16.9 Å². The van der Waals surface area contributed by atoms with Crippen LogP contribution < -0.4 is 10.5 Å². The van der Waals surface area contributed by atoms with E-state index in [1.807, 2.05) is 17.7 Å². The van der Waals surface area contributed by atoms with Crippen LogP contribution in [0.4, 0.5) is 0 Å². The van der Waals surface area contributed by atoms with Gasteiger partial charge in [0.15, 0.2) is 0 Å². The van der Waals surface area contributed by atoms with Gasteiger partial charge in [0.1, 0.15) is 23.7 Å². The van der Waals surface area contributed by atoms with Crippen LogP contribution in [-0.4, -0.2) is 40.4 Å². The summed E-state index contributed by atoms with van der Waals surface area (Å²) in [6, 6.07) is 3.61. The van der Waals surface area contributed by atoms with Crippen molar-refractivity contribution in [3.8, 4) is 5.75 Å². The molecule has 1 aromatic carbocycles. The molecule has 1 amide bonds. The maximum atomic E-state index is 12.2. The number of aliphatic hydroxyl groups excluding tert-OH is 1. The Hall–Kier alpha value is -2.84. The average Bonchev–Trinajstić information content (AvgIpc) is 3.28. The number of ether oxygens (including phenoxy) is 2. The lowest BCUT2D eigenvalue weighted by atomic mass is 9.72. The van der Waals surface area contributed by atoms with E-state index >= 15 is 0 Å². The maximum absolute atomic E-state index is 12.2. The number of fused-ring (bicyclic) bond motifs is 1. The van der Waals surface area contributed by atoms with Crippen molar-refractivity contribution in [2.75, 3.05) is 19.8 Å². The third-order valence-corrected chi connectivity index (χ3v) is 5.82. The molecule has 3 aromatic rings. The number of nitrogens with zero attached hydrogens (tertiary/aromatic N) is 2. The third-order valence-electron chi connectivity index (χ3n) is 5.82. The van der Waals surface area contributed by atoms with Crippen LogP contribution in [0.2, 0.25) is 0 Å². The molecule has 154 valence electrons. The monoisotopic (exact) mass is 399 g/mol. The van der Waals surface area contributed by atoms with Crippen molar-refractivity contribution in [2.24, 2.45) is 12.8 Å². The number of hydrogen-bond acceptors (Lipinski definition) is 6. The zero-order chi connectivity index (χ0) is 20.6. The van der Waals surface area contributed by atoms with Gasteiger partial charge in [-0.2, -0.15) is 0 Å². The Morgan fingerprint density at radius 1 is 1.38 bits per heavy atom. The lowest BCUT2D eigenvalue weighted by Crippen LogP contribution is -2.38. The minimum absolute atomic E-state index is 0.0972. The number of imidazole rings is 1. The number of nitrogens with two attached hydrogens (primary N) is 1. The number of primary amides is 1. The first-order chi connectivity index (χ1) is 14.0. The fourth-order valence-electron chi connectivity index (χ4n) is 4.16. The molecule has 3 heterocycles. The van der Waals surface area contributed by atoms with E-state index < -0.39 is 11.3 Å². The Morgan fingerprint density at radius 2 is 2.14 bits per heavy atom. The second-order valence-corrected chi connectivity index (χ2v) is 7.54. The average molecular weight is 399 g/mol. The van der Waals surface area contributed by atoms with Gasteiger partial charge in [0.2, 0.25) is 0 Å². The maximum Gasteiger partial charge on any atom is 0.252 e. The highest BCUT2D eigenvalue weighted by atomic mass is 16.5. The van der Waals surface area contributed by atoms with Crippen molar-refractivity contribution in [3.05, 3.63) is 47.2 Å². The molecule has 1 saturated heterocycles. The molecule has 2 aromatic heterocycles. The SMILES string of the molecule is Cc1oc2ccc(OCc3cncn3C)c(C3(CO)CCOCC3)c2c1C(N)=O. The van der Waals surface area contributed by atoms with Gasteiger partial charge in [-0.05, 0) is 31.9 Å². The summed E-state index contributed by atoms with van der Waals surface area (Å²) in [5.74, 6) is 0.488. The van der Waals surface area contributed by atoms with Crippen molar-refractivity contribution in [1.29, 1.82) is 0 Å². The molecular formula is C21H25N3O5. The van der Waals surface area contributed by atoms with E-state index in [0.29, 0.717) is 60.7 Å². The first-order valence-electron chi connectivity index (χ1n) is 9.60. The number of aliphatic hydroxyl groups is 1. The number of carbonyl (C=O) groups is 1. The van der Waals surface area contributed by atoms with Crippen LogP contribution in [-0.2, 0) is 23.8 Å². The molecule has 0 saturated carbocycles. The number of furan rings is 1. The largest absolute Gasteiger partial charge is 0.487 e. The van der Waals surface area contributed by atoms with Gasteiger partial charge in [0.25, 0.3) is 5.91 Å². The lowest BCUT2D eigenvalue weighted by molar-refractivity contribution is 0.0246. The van der Waals surface area contributed by atoms with Crippen molar-refractivity contribution < 1.29 is 23.8 Å². The Morgan fingerprint density at radius 3 is 2.76 bits per heavy atom. The predicted octanol–water partition coefficient (Wildman–Crippen LogP) is 2.19. The fourth-order valence-corrected chi connectivity index (χ4v) is 4.16. The molecular weight excluding hydrogens is 374 g/mol. The summed E-state index contributed by atoms with van der Waals surface area (Å²) >= 11 is 0. The third kappa shape index (κ3) is 3.28. The number of carbonyl (C=O) groups excluding carboxylic acids is 1. The van der Waals surface area contributed by atoms with Gasteiger partial charge in [0, 0.05) is 36.6 Å². The predicted molar refractivity (Wildman–Crippen MR) is 106 cm³/mol. The number of benzene rings is 1. The first-order valence-corrected chi connectivity index (χ1v) is 9.60. The molecule has 4 rings (SSSR count). The van der Waals surface area contributed by atoms with Crippen LogP contribution in [0.1, 0.15) is 40.2 Å². The molecule has 0 unspecified atom stereocenters. The van der Waals surface area contributed by atoms with Gasteiger partial charge in [-0.3, -0.25) is 4.79 Å². The summed E-state index contributed by atoms with van der Waals surface area (Å²) in [6.45, 7) is 2.95. The van der Waals surface area contributed by atoms with Gasteiger partial charge >= 0.3 is 0 Å². The number of hydrogen-bond donors (Lipinski definition) is 2. The number of aryl methyl sites for hydroxylation is 2. The van der Waals surface area contributed by atoms with E-state index in [1.54, 1.807) is 25.5 Å². The van der Waals surface area contributed by atoms with Crippen LogP contribution in [0.15, 0.2) is 29.1 Å². The second-order valence-electron chi connectivity index (χ2n) is 7.54. The quantitative estimate of drug-likeness (QED) is 0.657. The van der Waals surface area contributed by atoms with Crippen LogP contribution in [0.25, 0.3) is 11.0 Å². The summed E-state index contributed by atoms with van der Waals surface area (Å²) in [4.78, 5) is 16.4. The highest BCUT2D eigenvalue weighted by molar-refractivity contribution is 6.08. The van der Waals surface area contributed by atoms with E-state index in [9.17, 15) is 9.90 Å². The van der Waals surface area contributed by atoms with Crippen molar-refractivity contribution in [2.45, 2.75) is 31.8 Å². The Kier molecular flexibility index (Phi) is 5.06. The topological polar surface area (TPSA) is 113 Å². The molecule has 1 aliphatic rings. The molecule has 0 spiro atoms. The summed E-state index contributed by atoms with van der Waals surface area (Å²) in [5, 5.41) is 11.1.